The van der Waals surface area contributed by atoms with E-state index in [1.165, 1.54) is 11.3 Å². The van der Waals surface area contributed by atoms with Gasteiger partial charge in [0.15, 0.2) is 6.10 Å². The zero-order valence-electron chi connectivity index (χ0n) is 24.8. The van der Waals surface area contributed by atoms with Gasteiger partial charge in [0.2, 0.25) is 0 Å². The first-order chi connectivity index (χ1) is 20.4. The molecule has 4 aromatic heterocycles. The van der Waals surface area contributed by atoms with Gasteiger partial charge in [-0.25, -0.2) is 14.8 Å². The van der Waals surface area contributed by atoms with Gasteiger partial charge in [-0.05, 0) is 88.2 Å². The molecule has 6 rings (SSSR count). The van der Waals surface area contributed by atoms with Crippen molar-refractivity contribution in [2.24, 2.45) is 7.05 Å². The molecular weight excluding hydrogens is 580 g/mol. The molecule has 0 unspecified atom stereocenters. The van der Waals surface area contributed by atoms with Crippen LogP contribution in [0.25, 0.3) is 54.2 Å². The summed E-state index contributed by atoms with van der Waals surface area (Å²) in [6.07, 6.45) is 2.46. The Kier molecular flexibility index (Phi) is 7.32. The first-order valence-electron chi connectivity index (χ1n) is 13.9. The van der Waals surface area contributed by atoms with Gasteiger partial charge in [-0.1, -0.05) is 23.7 Å². The third kappa shape index (κ3) is 5.54. The van der Waals surface area contributed by atoms with Crippen molar-refractivity contribution >= 4 is 50.2 Å². The van der Waals surface area contributed by atoms with Crippen LogP contribution in [0.4, 0.5) is 0 Å². The first kappa shape index (κ1) is 29.0. The van der Waals surface area contributed by atoms with Crippen LogP contribution in [0.1, 0.15) is 43.7 Å². The third-order valence-electron chi connectivity index (χ3n) is 7.43. The second-order valence-corrected chi connectivity index (χ2v) is 13.2. The minimum Gasteiger partial charge on any atom is -0.479 e. The van der Waals surface area contributed by atoms with Crippen molar-refractivity contribution < 1.29 is 14.6 Å². The highest BCUT2D eigenvalue weighted by Crippen LogP contribution is 2.44. The highest BCUT2D eigenvalue weighted by molar-refractivity contribution is 7.22. The van der Waals surface area contributed by atoms with Crippen molar-refractivity contribution in [2.45, 2.75) is 46.3 Å². The number of carboxylic acids is 1. The Morgan fingerprint density at radius 1 is 1.00 bits per heavy atom. The largest absolute Gasteiger partial charge is 0.479 e. The average molecular weight is 611 g/mol. The molecule has 0 aliphatic carbocycles. The molecule has 0 aliphatic rings. The summed E-state index contributed by atoms with van der Waals surface area (Å²) in [6.45, 7) is 9.55. The number of hydrogen-bond donors (Lipinski definition) is 1. The second-order valence-electron chi connectivity index (χ2n) is 11.7. The summed E-state index contributed by atoms with van der Waals surface area (Å²) in [7, 11) is 2.01. The Hall–Kier alpha value is -4.11. The zero-order valence-corrected chi connectivity index (χ0v) is 26.3. The van der Waals surface area contributed by atoms with Crippen molar-refractivity contribution in [1.82, 2.24) is 19.5 Å². The normalized spacial score (nSPS) is 12.7. The topological polar surface area (TPSA) is 90.1 Å². The van der Waals surface area contributed by atoms with E-state index in [4.69, 9.17) is 21.3 Å². The lowest BCUT2D eigenvalue weighted by atomic mass is 9.91. The van der Waals surface area contributed by atoms with Crippen molar-refractivity contribution in [3.8, 4) is 33.0 Å². The number of thiazole rings is 1. The van der Waals surface area contributed by atoms with Gasteiger partial charge < -0.3 is 14.4 Å². The summed E-state index contributed by atoms with van der Waals surface area (Å²) < 4.78 is 9.09. The highest BCUT2D eigenvalue weighted by atomic mass is 35.5. The Bertz CT molecular complexity index is 2020. The molecule has 6 aromatic rings. The second kappa shape index (κ2) is 10.9. The summed E-state index contributed by atoms with van der Waals surface area (Å²) in [5, 5.41) is 12.8. The minimum absolute atomic E-state index is 0.600. The molecule has 0 spiro atoms. The van der Waals surface area contributed by atoms with Crippen LogP contribution < -0.4 is 0 Å². The Balaban J connectivity index is 1.52. The summed E-state index contributed by atoms with van der Waals surface area (Å²) in [4.78, 5) is 27.0. The molecule has 0 aliphatic heterocycles. The molecule has 0 saturated heterocycles. The molecule has 0 saturated carbocycles. The van der Waals surface area contributed by atoms with Crippen LogP contribution in [0.15, 0.2) is 67.0 Å². The SMILES string of the molecule is Cc1cc2nc(-c3ccnc(-c4cnc5c(c4)cc(C)n5C)c3)sc2c(-c2ccc(Cl)cc2)c1[C@H](OC(C)(C)C)C(=O)O. The number of benzene rings is 2. The van der Waals surface area contributed by atoms with Gasteiger partial charge in [-0.3, -0.25) is 4.98 Å². The maximum Gasteiger partial charge on any atom is 0.337 e. The van der Waals surface area contributed by atoms with E-state index < -0.39 is 17.7 Å². The molecule has 43 heavy (non-hydrogen) atoms. The molecule has 0 bridgehead atoms. The fourth-order valence-electron chi connectivity index (χ4n) is 5.37. The van der Waals surface area contributed by atoms with Gasteiger partial charge >= 0.3 is 5.97 Å². The number of rotatable bonds is 6. The van der Waals surface area contributed by atoms with Crippen LogP contribution in [0.5, 0.6) is 0 Å². The van der Waals surface area contributed by atoms with Crippen LogP contribution in [0, 0.1) is 13.8 Å². The van der Waals surface area contributed by atoms with E-state index in [0.717, 1.165) is 65.5 Å². The maximum absolute atomic E-state index is 12.6. The van der Waals surface area contributed by atoms with Gasteiger partial charge in [0, 0.05) is 57.8 Å². The minimum atomic E-state index is -1.17. The number of pyridine rings is 2. The number of carboxylic acid groups (broad SMARTS) is 1. The molecule has 1 atom stereocenters. The molecule has 2 aromatic carbocycles. The van der Waals surface area contributed by atoms with E-state index in [9.17, 15) is 9.90 Å². The lowest BCUT2D eigenvalue weighted by Crippen LogP contribution is -2.28. The number of aromatic nitrogens is 4. The summed E-state index contributed by atoms with van der Waals surface area (Å²) in [6, 6.07) is 17.6. The summed E-state index contributed by atoms with van der Waals surface area (Å²) in [5.41, 5.74) is 7.85. The number of aryl methyl sites for hydroxylation is 3. The van der Waals surface area contributed by atoms with Crippen LogP contribution in [0.3, 0.4) is 0 Å². The molecule has 0 radical (unpaired) electrons. The predicted octanol–water partition coefficient (Wildman–Crippen LogP) is 8.79. The van der Waals surface area contributed by atoms with Gasteiger partial charge in [0.1, 0.15) is 10.7 Å². The van der Waals surface area contributed by atoms with Crippen LogP contribution in [-0.2, 0) is 16.6 Å². The summed E-state index contributed by atoms with van der Waals surface area (Å²) >= 11 is 7.76. The fourth-order valence-corrected chi connectivity index (χ4v) is 6.62. The van der Waals surface area contributed by atoms with Crippen LogP contribution in [-0.4, -0.2) is 36.2 Å². The van der Waals surface area contributed by atoms with E-state index in [2.05, 4.69) is 33.6 Å². The Morgan fingerprint density at radius 3 is 2.44 bits per heavy atom. The van der Waals surface area contributed by atoms with Crippen molar-refractivity contribution in [3.63, 3.8) is 0 Å². The molecule has 9 heteroatoms. The highest BCUT2D eigenvalue weighted by Gasteiger charge is 2.32. The van der Waals surface area contributed by atoms with Crippen molar-refractivity contribution in [3.05, 3.63) is 88.8 Å². The number of hydrogen-bond acceptors (Lipinski definition) is 6. The molecular formula is C34H31ClN4O3S. The van der Waals surface area contributed by atoms with E-state index in [0.29, 0.717) is 10.6 Å². The first-order valence-corrected chi connectivity index (χ1v) is 15.1. The quantitative estimate of drug-likeness (QED) is 0.203. The van der Waals surface area contributed by atoms with Gasteiger partial charge in [0.05, 0.1) is 21.5 Å². The standard InChI is InChI=1S/C34H31ClN4O3S/c1-18-13-26-30(28(20-7-9-24(35)10-8-20)27(18)29(33(40)41)42-34(3,4)5)43-32(38-26)21-11-12-36-25(16-21)23-15-22-14-19(2)39(6)31(22)37-17-23/h7-17,29H,1-6H3,(H,40,41)/t29-/m0/s1. The fraction of sp³-hybridized carbons (Fsp3) is 0.235. The third-order valence-corrected chi connectivity index (χ3v) is 8.82. The smallest absolute Gasteiger partial charge is 0.337 e. The van der Waals surface area contributed by atoms with Gasteiger partial charge in [-0.2, -0.15) is 0 Å². The van der Waals surface area contributed by atoms with Crippen molar-refractivity contribution in [2.75, 3.05) is 0 Å². The zero-order chi connectivity index (χ0) is 30.6. The summed E-state index contributed by atoms with van der Waals surface area (Å²) in [5.74, 6) is -1.05. The maximum atomic E-state index is 12.6. The predicted molar refractivity (Wildman–Crippen MR) is 174 cm³/mol. The molecule has 4 heterocycles. The number of nitrogens with zero attached hydrogens (tertiary/aromatic N) is 4. The van der Waals surface area contributed by atoms with Gasteiger partial charge in [0.25, 0.3) is 0 Å². The number of fused-ring (bicyclic) bond motifs is 2. The van der Waals surface area contributed by atoms with Crippen molar-refractivity contribution in [1.29, 1.82) is 0 Å². The number of halogens is 1. The van der Waals surface area contributed by atoms with E-state index in [1.54, 1.807) is 6.20 Å². The molecule has 218 valence electrons. The Labute approximate surface area is 258 Å². The average Bonchev–Trinajstić information content (AvgIpc) is 3.51. The van der Waals surface area contributed by atoms with E-state index in [1.807, 2.05) is 83.4 Å². The molecule has 7 nitrogen and oxygen atoms in total. The lowest BCUT2D eigenvalue weighted by molar-refractivity contribution is -0.160. The number of aliphatic carboxylic acids is 1. The van der Waals surface area contributed by atoms with E-state index >= 15 is 0 Å². The van der Waals surface area contributed by atoms with E-state index in [-0.39, 0.29) is 0 Å². The molecule has 0 fully saturated rings. The molecule has 0 amide bonds. The van der Waals surface area contributed by atoms with Crippen LogP contribution in [0.2, 0.25) is 5.02 Å². The molecule has 1 N–H and O–H groups in total. The monoisotopic (exact) mass is 610 g/mol. The van der Waals surface area contributed by atoms with Crippen LogP contribution >= 0.6 is 22.9 Å². The Morgan fingerprint density at radius 2 is 1.74 bits per heavy atom. The lowest BCUT2D eigenvalue weighted by Gasteiger charge is -2.28. The number of carbonyl (C=O) groups is 1. The van der Waals surface area contributed by atoms with Gasteiger partial charge in [-0.15, -0.1) is 11.3 Å². The number of ether oxygens (including phenoxy) is 1.